The lowest BCUT2D eigenvalue weighted by Gasteiger charge is -2.19. The van der Waals surface area contributed by atoms with Crippen molar-refractivity contribution >= 4 is 86.6 Å². The van der Waals surface area contributed by atoms with Gasteiger partial charge in [-0.05, 0) is 139 Å². The maximum Gasteiger partial charge on any atom is 0.135 e. The van der Waals surface area contributed by atoms with Gasteiger partial charge in [-0.3, -0.25) is 0 Å². The summed E-state index contributed by atoms with van der Waals surface area (Å²) in [6, 6.07) is 71.9. The van der Waals surface area contributed by atoms with E-state index in [1.165, 1.54) is 109 Å². The lowest BCUT2D eigenvalue weighted by atomic mass is 9.84. The first-order valence-corrected chi connectivity index (χ1v) is 19.7. The number of benzene rings is 12. The van der Waals surface area contributed by atoms with Crippen LogP contribution in [-0.4, -0.2) is 0 Å². The summed E-state index contributed by atoms with van der Waals surface area (Å²) in [5.41, 5.74) is 11.5. The van der Waals surface area contributed by atoms with E-state index in [0.717, 1.165) is 21.9 Å². The third-order valence-corrected chi connectivity index (χ3v) is 12.6. The Balaban J connectivity index is 1.06. The summed E-state index contributed by atoms with van der Waals surface area (Å²) in [6.45, 7) is 0. The molecule has 1 heterocycles. The minimum absolute atomic E-state index is 0.912. The van der Waals surface area contributed by atoms with Crippen molar-refractivity contribution < 1.29 is 4.42 Å². The molecule has 0 aliphatic carbocycles. The van der Waals surface area contributed by atoms with E-state index in [2.05, 4.69) is 182 Å². The van der Waals surface area contributed by atoms with Gasteiger partial charge in [0.05, 0.1) is 0 Å². The molecule has 0 saturated heterocycles. The van der Waals surface area contributed by atoms with E-state index in [0.29, 0.717) is 0 Å². The zero-order chi connectivity index (χ0) is 37.2. The van der Waals surface area contributed by atoms with Gasteiger partial charge in [0, 0.05) is 10.8 Å². The van der Waals surface area contributed by atoms with E-state index in [-0.39, 0.29) is 0 Å². The molecule has 13 rings (SSSR count). The molecule has 0 bridgehead atoms. The number of fused-ring (bicyclic) bond motifs is 3. The smallest absolute Gasteiger partial charge is 0.135 e. The van der Waals surface area contributed by atoms with Crippen molar-refractivity contribution in [3.8, 4) is 44.5 Å². The van der Waals surface area contributed by atoms with Crippen molar-refractivity contribution in [3.63, 3.8) is 0 Å². The third-order valence-electron chi connectivity index (χ3n) is 12.6. The molecule has 0 amide bonds. The summed E-state index contributed by atoms with van der Waals surface area (Å²) >= 11 is 0. The van der Waals surface area contributed by atoms with Gasteiger partial charge in [-0.25, -0.2) is 0 Å². The largest absolute Gasteiger partial charge is 0.456 e. The molecule has 0 fully saturated rings. The predicted molar refractivity (Wildman–Crippen MR) is 243 cm³/mol. The van der Waals surface area contributed by atoms with Gasteiger partial charge in [-0.2, -0.15) is 0 Å². The van der Waals surface area contributed by atoms with Crippen LogP contribution in [0.15, 0.2) is 199 Å². The molecule has 1 nitrogen and oxygen atoms in total. The fraction of sp³-hybridized carbons (Fsp3) is 0. The van der Waals surface area contributed by atoms with Gasteiger partial charge < -0.3 is 4.42 Å². The number of rotatable bonds is 4. The van der Waals surface area contributed by atoms with Crippen LogP contribution in [0.1, 0.15) is 0 Å². The Bertz CT molecular complexity index is 3720. The summed E-state index contributed by atoms with van der Waals surface area (Å²) in [4.78, 5) is 0. The fourth-order valence-electron chi connectivity index (χ4n) is 9.92. The molecule has 262 valence electrons. The number of furan rings is 1. The molecule has 0 N–H and O–H groups in total. The average molecular weight is 721 g/mol. The normalized spacial score (nSPS) is 12.2. The van der Waals surface area contributed by atoms with E-state index in [1.807, 2.05) is 12.1 Å². The van der Waals surface area contributed by atoms with Crippen LogP contribution >= 0.6 is 0 Å². The second kappa shape index (κ2) is 11.5. The molecule has 0 aliphatic rings. The van der Waals surface area contributed by atoms with Gasteiger partial charge in [0.2, 0.25) is 0 Å². The Morgan fingerprint density at radius 2 is 0.719 bits per heavy atom. The van der Waals surface area contributed by atoms with Crippen molar-refractivity contribution in [2.24, 2.45) is 0 Å². The van der Waals surface area contributed by atoms with Crippen molar-refractivity contribution in [1.82, 2.24) is 0 Å². The first-order chi connectivity index (χ1) is 28.2. The van der Waals surface area contributed by atoms with Crippen LogP contribution in [0.5, 0.6) is 0 Å². The molecule has 1 heteroatoms. The van der Waals surface area contributed by atoms with Gasteiger partial charge in [0.15, 0.2) is 0 Å². The van der Waals surface area contributed by atoms with Crippen LogP contribution in [0.25, 0.3) is 131 Å². The zero-order valence-electron chi connectivity index (χ0n) is 30.9. The summed E-state index contributed by atoms with van der Waals surface area (Å²) in [6.07, 6.45) is 0. The van der Waals surface area contributed by atoms with Gasteiger partial charge in [-0.1, -0.05) is 164 Å². The quantitative estimate of drug-likeness (QED) is 0.165. The summed E-state index contributed by atoms with van der Waals surface area (Å²) in [5, 5.41) is 17.9. The first-order valence-electron chi connectivity index (χ1n) is 19.7. The van der Waals surface area contributed by atoms with Crippen molar-refractivity contribution in [2.75, 3.05) is 0 Å². The van der Waals surface area contributed by atoms with E-state index in [9.17, 15) is 0 Å². The summed E-state index contributed by atoms with van der Waals surface area (Å²) in [7, 11) is 0. The number of hydrogen-bond donors (Lipinski definition) is 0. The minimum atomic E-state index is 0.912. The second-order valence-electron chi connectivity index (χ2n) is 15.6. The predicted octanol–water partition coefficient (Wildman–Crippen LogP) is 16.0. The molecule has 1 aromatic heterocycles. The Labute approximate surface area is 328 Å². The highest BCUT2D eigenvalue weighted by molar-refractivity contribution is 6.27. The van der Waals surface area contributed by atoms with Gasteiger partial charge in [0.25, 0.3) is 0 Å². The fourth-order valence-corrected chi connectivity index (χ4v) is 9.92. The van der Waals surface area contributed by atoms with Crippen LogP contribution in [0.2, 0.25) is 0 Å². The van der Waals surface area contributed by atoms with Crippen LogP contribution in [0.3, 0.4) is 0 Å². The highest BCUT2D eigenvalue weighted by Gasteiger charge is 2.19. The maximum absolute atomic E-state index is 6.19. The molecule has 0 radical (unpaired) electrons. The van der Waals surface area contributed by atoms with E-state index >= 15 is 0 Å². The molecule has 0 saturated carbocycles. The van der Waals surface area contributed by atoms with E-state index in [4.69, 9.17) is 4.42 Å². The minimum Gasteiger partial charge on any atom is -0.456 e. The molecule has 0 aliphatic heterocycles. The lowest BCUT2D eigenvalue weighted by molar-refractivity contribution is 0.669. The Morgan fingerprint density at radius 3 is 1.44 bits per heavy atom. The van der Waals surface area contributed by atoms with Crippen LogP contribution in [-0.2, 0) is 0 Å². The maximum atomic E-state index is 6.19. The topological polar surface area (TPSA) is 13.1 Å². The summed E-state index contributed by atoms with van der Waals surface area (Å²) in [5.74, 6) is 0. The van der Waals surface area contributed by atoms with E-state index < -0.39 is 0 Å². The molecular weight excluding hydrogens is 689 g/mol. The van der Waals surface area contributed by atoms with Crippen LogP contribution in [0.4, 0.5) is 0 Å². The van der Waals surface area contributed by atoms with Crippen LogP contribution < -0.4 is 0 Å². The highest BCUT2D eigenvalue weighted by Crippen LogP contribution is 2.46. The second-order valence-corrected chi connectivity index (χ2v) is 15.6. The standard InChI is InChI=1S/C56H32O/c1-2-13-51-46(12-1)50-31-40(23-29-52(50)57-51)39-10-5-11-41(30-39)44-25-22-42(43-24-18-37-16-14-33-6-3-8-35-20-27-47(43)55(37)53(33)35)32-49(44)45-26-19-38-17-15-34-7-4-9-36-21-28-48(45)56(38)54(34)36/h1-32H. The molecule has 13 aromatic rings. The van der Waals surface area contributed by atoms with Crippen molar-refractivity contribution in [3.05, 3.63) is 194 Å². The Hall–Kier alpha value is -7.48. The molecule has 0 spiro atoms. The Kier molecular flexibility index (Phi) is 6.23. The molecular formula is C56H32O. The molecule has 57 heavy (non-hydrogen) atoms. The highest BCUT2D eigenvalue weighted by atomic mass is 16.3. The average Bonchev–Trinajstić information content (AvgIpc) is 3.65. The van der Waals surface area contributed by atoms with E-state index in [1.54, 1.807) is 0 Å². The first kappa shape index (κ1) is 30.8. The molecule has 0 unspecified atom stereocenters. The number of hydrogen-bond acceptors (Lipinski definition) is 1. The summed E-state index contributed by atoms with van der Waals surface area (Å²) < 4.78 is 6.19. The third kappa shape index (κ3) is 4.46. The van der Waals surface area contributed by atoms with Gasteiger partial charge in [-0.15, -0.1) is 0 Å². The molecule has 12 aromatic carbocycles. The van der Waals surface area contributed by atoms with Gasteiger partial charge >= 0.3 is 0 Å². The SMILES string of the molecule is c1cc(-c2ccc3oc4ccccc4c3c2)cc(-c2ccc(-c3ccc4ccc5cccc6ccc3c4c56)cc2-c2ccc3ccc4cccc5ccc2c3c45)c1. The monoisotopic (exact) mass is 720 g/mol. The lowest BCUT2D eigenvalue weighted by Crippen LogP contribution is -1.92. The Morgan fingerprint density at radius 1 is 0.228 bits per heavy atom. The number of para-hydroxylation sites is 1. The molecule has 0 atom stereocenters. The van der Waals surface area contributed by atoms with Crippen molar-refractivity contribution in [2.45, 2.75) is 0 Å². The van der Waals surface area contributed by atoms with Crippen LogP contribution in [0, 0.1) is 0 Å². The zero-order valence-corrected chi connectivity index (χ0v) is 30.9. The van der Waals surface area contributed by atoms with Gasteiger partial charge in [0.1, 0.15) is 11.2 Å². The van der Waals surface area contributed by atoms with Crippen molar-refractivity contribution in [1.29, 1.82) is 0 Å².